The highest BCUT2D eigenvalue weighted by Crippen LogP contribution is 2.16. The van der Waals surface area contributed by atoms with Crippen LogP contribution in [0.15, 0.2) is 12.4 Å². The highest BCUT2D eigenvalue weighted by molar-refractivity contribution is 7.19. The number of H-pyrrole nitrogens is 1. The zero-order valence-corrected chi connectivity index (χ0v) is 7.71. The molecular weight excluding hydrogens is 204 g/mol. The van der Waals surface area contributed by atoms with Crippen LogP contribution in [0.4, 0.5) is 10.3 Å². The lowest BCUT2D eigenvalue weighted by Crippen LogP contribution is -2.10. The third kappa shape index (κ3) is 1.69. The average molecular weight is 210 g/mol. The lowest BCUT2D eigenvalue weighted by atomic mass is 10.3. The SMILES string of the molecule is Nc1nnc(NC(=O)c2cn[nH]c2)s1. The van der Waals surface area contributed by atoms with Crippen LogP contribution >= 0.6 is 11.3 Å². The van der Waals surface area contributed by atoms with Gasteiger partial charge in [-0.05, 0) is 0 Å². The summed E-state index contributed by atoms with van der Waals surface area (Å²) in [5.74, 6) is -0.296. The van der Waals surface area contributed by atoms with Gasteiger partial charge in [0.25, 0.3) is 5.91 Å². The fourth-order valence-corrected chi connectivity index (χ4v) is 1.33. The summed E-state index contributed by atoms with van der Waals surface area (Å²) < 4.78 is 0. The second-order valence-corrected chi connectivity index (χ2v) is 3.40. The number of amides is 1. The van der Waals surface area contributed by atoms with Gasteiger partial charge >= 0.3 is 0 Å². The Morgan fingerprint density at radius 2 is 2.43 bits per heavy atom. The zero-order chi connectivity index (χ0) is 9.97. The second kappa shape index (κ2) is 3.42. The maximum atomic E-state index is 11.4. The van der Waals surface area contributed by atoms with Crippen LogP contribution in [0, 0.1) is 0 Å². The van der Waals surface area contributed by atoms with Crippen molar-refractivity contribution < 1.29 is 4.79 Å². The molecule has 7 nitrogen and oxygen atoms in total. The first-order valence-electron chi connectivity index (χ1n) is 3.65. The monoisotopic (exact) mass is 210 g/mol. The topological polar surface area (TPSA) is 110 Å². The Kier molecular flexibility index (Phi) is 2.11. The number of carbonyl (C=O) groups excluding carboxylic acids is 1. The van der Waals surface area contributed by atoms with Crippen molar-refractivity contribution in [1.29, 1.82) is 0 Å². The van der Waals surface area contributed by atoms with E-state index in [1.165, 1.54) is 12.4 Å². The average Bonchev–Trinajstić information content (AvgIpc) is 2.75. The Labute approximate surface area is 82.4 Å². The molecule has 0 aromatic carbocycles. The highest BCUT2D eigenvalue weighted by Gasteiger charge is 2.09. The Hall–Kier alpha value is -1.96. The molecule has 72 valence electrons. The van der Waals surface area contributed by atoms with Crippen LogP contribution in [0.5, 0.6) is 0 Å². The van der Waals surface area contributed by atoms with Crippen LogP contribution in [-0.2, 0) is 0 Å². The summed E-state index contributed by atoms with van der Waals surface area (Å²) in [5.41, 5.74) is 5.78. The van der Waals surface area contributed by atoms with Crippen molar-refractivity contribution in [3.63, 3.8) is 0 Å². The molecule has 2 aromatic heterocycles. The Bertz CT molecular complexity index is 435. The Balaban J connectivity index is 2.09. The summed E-state index contributed by atoms with van der Waals surface area (Å²) >= 11 is 1.11. The number of aromatic amines is 1. The molecule has 0 aliphatic heterocycles. The number of anilines is 2. The molecular formula is C6H6N6OS. The first kappa shape index (κ1) is 8.63. The number of nitrogens with one attached hydrogen (secondary N) is 2. The molecule has 1 amide bonds. The van der Waals surface area contributed by atoms with E-state index >= 15 is 0 Å². The Morgan fingerprint density at radius 1 is 1.57 bits per heavy atom. The summed E-state index contributed by atoms with van der Waals surface area (Å²) in [4.78, 5) is 11.4. The molecule has 0 aliphatic carbocycles. The summed E-state index contributed by atoms with van der Waals surface area (Å²) in [6, 6.07) is 0. The number of rotatable bonds is 2. The molecule has 0 saturated carbocycles. The van der Waals surface area contributed by atoms with Crippen molar-refractivity contribution in [2.24, 2.45) is 0 Å². The lowest BCUT2D eigenvalue weighted by molar-refractivity contribution is 0.102. The van der Waals surface area contributed by atoms with Crippen molar-refractivity contribution in [2.45, 2.75) is 0 Å². The summed E-state index contributed by atoms with van der Waals surface area (Å²) in [5, 5.41) is 16.6. The molecule has 0 spiro atoms. The summed E-state index contributed by atoms with van der Waals surface area (Å²) in [7, 11) is 0. The third-order valence-electron chi connectivity index (χ3n) is 1.42. The van der Waals surface area contributed by atoms with Crippen molar-refractivity contribution in [3.05, 3.63) is 18.0 Å². The van der Waals surface area contributed by atoms with E-state index in [0.29, 0.717) is 15.8 Å². The molecule has 0 unspecified atom stereocenters. The normalized spacial score (nSPS) is 10.0. The number of nitrogens with two attached hydrogens (primary N) is 1. The molecule has 2 aromatic rings. The van der Waals surface area contributed by atoms with Gasteiger partial charge in [-0.25, -0.2) is 0 Å². The fraction of sp³-hybridized carbons (Fsp3) is 0. The van der Waals surface area contributed by atoms with Crippen LogP contribution in [0.25, 0.3) is 0 Å². The number of nitrogens with zero attached hydrogens (tertiary/aromatic N) is 3. The van der Waals surface area contributed by atoms with Crippen LogP contribution in [0.3, 0.4) is 0 Å². The van der Waals surface area contributed by atoms with Crippen molar-refractivity contribution in [3.8, 4) is 0 Å². The van der Waals surface area contributed by atoms with Crippen molar-refractivity contribution in [2.75, 3.05) is 11.1 Å². The molecule has 2 rings (SSSR count). The van der Waals surface area contributed by atoms with E-state index < -0.39 is 0 Å². The van der Waals surface area contributed by atoms with Gasteiger partial charge in [0, 0.05) is 6.20 Å². The lowest BCUT2D eigenvalue weighted by Gasteiger charge is -1.95. The summed E-state index contributed by atoms with van der Waals surface area (Å²) in [6.45, 7) is 0. The molecule has 2 heterocycles. The van der Waals surface area contributed by atoms with Crippen LogP contribution in [0.2, 0.25) is 0 Å². The maximum Gasteiger partial charge on any atom is 0.260 e. The third-order valence-corrected chi connectivity index (χ3v) is 2.09. The van der Waals surface area contributed by atoms with Crippen LogP contribution in [0.1, 0.15) is 10.4 Å². The first-order valence-corrected chi connectivity index (χ1v) is 4.46. The van der Waals surface area contributed by atoms with E-state index in [-0.39, 0.29) is 5.91 Å². The van der Waals surface area contributed by atoms with Crippen molar-refractivity contribution >= 4 is 27.5 Å². The van der Waals surface area contributed by atoms with Gasteiger partial charge in [-0.3, -0.25) is 15.2 Å². The number of carbonyl (C=O) groups is 1. The van der Waals surface area contributed by atoms with E-state index in [1.807, 2.05) is 0 Å². The van der Waals surface area contributed by atoms with E-state index in [9.17, 15) is 4.79 Å². The fourth-order valence-electron chi connectivity index (χ4n) is 0.829. The minimum absolute atomic E-state index is 0.296. The van der Waals surface area contributed by atoms with E-state index in [4.69, 9.17) is 5.73 Å². The standard InChI is InChI=1S/C6H6N6OS/c7-5-11-12-6(14-5)10-4(13)3-1-8-9-2-3/h1-2H,(H2,7,11)(H,8,9)(H,10,12,13). The number of hydrogen-bond acceptors (Lipinski definition) is 6. The van der Waals surface area contributed by atoms with Gasteiger partial charge in [0.15, 0.2) is 0 Å². The molecule has 0 atom stereocenters. The molecule has 0 radical (unpaired) electrons. The van der Waals surface area contributed by atoms with Gasteiger partial charge < -0.3 is 5.73 Å². The zero-order valence-electron chi connectivity index (χ0n) is 6.89. The predicted octanol–water partition coefficient (Wildman–Crippen LogP) is 0.0957. The van der Waals surface area contributed by atoms with Crippen LogP contribution < -0.4 is 11.1 Å². The molecule has 14 heavy (non-hydrogen) atoms. The van der Waals surface area contributed by atoms with Gasteiger partial charge in [-0.2, -0.15) is 5.10 Å². The quantitative estimate of drug-likeness (QED) is 0.651. The highest BCUT2D eigenvalue weighted by atomic mass is 32.1. The van der Waals surface area contributed by atoms with Crippen molar-refractivity contribution in [1.82, 2.24) is 20.4 Å². The smallest absolute Gasteiger partial charge is 0.260 e. The largest absolute Gasteiger partial charge is 0.374 e. The first-order chi connectivity index (χ1) is 6.75. The van der Waals surface area contributed by atoms with Gasteiger partial charge in [0.05, 0.1) is 11.8 Å². The number of aromatic nitrogens is 4. The molecule has 8 heteroatoms. The predicted molar refractivity (Wildman–Crippen MR) is 50.9 cm³/mol. The van der Waals surface area contributed by atoms with E-state index in [0.717, 1.165) is 11.3 Å². The van der Waals surface area contributed by atoms with Gasteiger partial charge in [-0.1, -0.05) is 11.3 Å². The van der Waals surface area contributed by atoms with E-state index in [2.05, 4.69) is 25.7 Å². The molecule has 0 fully saturated rings. The maximum absolute atomic E-state index is 11.4. The Morgan fingerprint density at radius 3 is 3.00 bits per heavy atom. The minimum Gasteiger partial charge on any atom is -0.374 e. The van der Waals surface area contributed by atoms with Gasteiger partial charge in [-0.15, -0.1) is 10.2 Å². The summed E-state index contributed by atoms with van der Waals surface area (Å²) in [6.07, 6.45) is 2.90. The van der Waals surface area contributed by atoms with Gasteiger partial charge in [0.2, 0.25) is 10.3 Å². The molecule has 0 saturated heterocycles. The molecule has 0 bridgehead atoms. The van der Waals surface area contributed by atoms with Crippen LogP contribution in [-0.4, -0.2) is 26.3 Å². The number of hydrogen-bond donors (Lipinski definition) is 3. The van der Waals surface area contributed by atoms with E-state index in [1.54, 1.807) is 0 Å². The van der Waals surface area contributed by atoms with Gasteiger partial charge in [0.1, 0.15) is 0 Å². The minimum atomic E-state index is -0.296. The number of nitrogen functional groups attached to an aromatic ring is 1. The second-order valence-electron chi connectivity index (χ2n) is 2.39. The molecule has 4 N–H and O–H groups in total. The molecule has 0 aliphatic rings.